The van der Waals surface area contributed by atoms with Crippen LogP contribution in [0.2, 0.25) is 0 Å². The summed E-state index contributed by atoms with van der Waals surface area (Å²) in [6, 6.07) is 0. The third kappa shape index (κ3) is 3.85. The topological polar surface area (TPSA) is 17.1 Å². The van der Waals surface area contributed by atoms with E-state index in [0.29, 0.717) is 12.8 Å². The van der Waals surface area contributed by atoms with Crippen LogP contribution in [-0.4, -0.2) is 18.1 Å². The van der Waals surface area contributed by atoms with Crippen molar-refractivity contribution in [3.05, 3.63) is 0 Å². The molecule has 4 atom stereocenters. The second kappa shape index (κ2) is 7.83. The van der Waals surface area contributed by atoms with Crippen molar-refractivity contribution in [1.29, 1.82) is 0 Å². The van der Waals surface area contributed by atoms with Gasteiger partial charge in [0, 0.05) is 5.92 Å². The number of alkyl halides is 2. The van der Waals surface area contributed by atoms with Crippen LogP contribution < -0.4 is 0 Å². The van der Waals surface area contributed by atoms with Gasteiger partial charge in [-0.1, -0.05) is 26.7 Å². The van der Waals surface area contributed by atoms with Crippen LogP contribution in [0.1, 0.15) is 78.1 Å². The Morgan fingerprint density at radius 2 is 1.25 bits per heavy atom. The summed E-state index contributed by atoms with van der Waals surface area (Å²) in [5, 5.41) is 0. The van der Waals surface area contributed by atoms with E-state index in [4.69, 9.17) is 0 Å². The zero-order valence-corrected chi connectivity index (χ0v) is 15.4. The normalized spacial score (nSPS) is 47.3. The summed E-state index contributed by atoms with van der Waals surface area (Å²) < 4.78 is 28.3. The highest BCUT2D eigenvalue weighted by Crippen LogP contribution is 2.43. The molecule has 0 N–H and O–H groups in total. The molecule has 0 saturated heterocycles. The number of Topliss-reactive ketones (excluding diaryl/α,β-unsaturated/α-hetero) is 1. The minimum atomic E-state index is -1.57. The van der Waals surface area contributed by atoms with Crippen molar-refractivity contribution in [2.24, 2.45) is 35.5 Å². The number of hydrogen-bond acceptors (Lipinski definition) is 1. The van der Waals surface area contributed by atoms with Crippen LogP contribution in [-0.2, 0) is 4.79 Å². The molecule has 0 aliphatic heterocycles. The molecule has 3 fully saturated rings. The molecule has 0 bridgehead atoms. The second-order valence-electron chi connectivity index (χ2n) is 9.08. The molecule has 0 aromatic carbocycles. The number of hydrogen-bond donors (Lipinski definition) is 0. The van der Waals surface area contributed by atoms with Crippen molar-refractivity contribution >= 4 is 5.78 Å². The molecule has 0 spiro atoms. The molecule has 0 radical (unpaired) electrons. The van der Waals surface area contributed by atoms with Crippen molar-refractivity contribution in [1.82, 2.24) is 0 Å². The van der Waals surface area contributed by atoms with Crippen molar-refractivity contribution in [3.8, 4) is 0 Å². The Bertz CT molecular complexity index is 422. The largest absolute Gasteiger partial charge is 0.299 e. The fourth-order valence-electron chi connectivity index (χ4n) is 5.53. The molecule has 0 aromatic heterocycles. The predicted molar refractivity (Wildman–Crippen MR) is 93.3 cm³/mol. The number of halogens is 2. The van der Waals surface area contributed by atoms with E-state index >= 15 is 0 Å². The third-order valence-corrected chi connectivity index (χ3v) is 7.43. The van der Waals surface area contributed by atoms with Gasteiger partial charge in [0.05, 0.1) is 5.92 Å². The first-order valence-corrected chi connectivity index (χ1v) is 10.3. The summed E-state index contributed by atoms with van der Waals surface area (Å²) in [5.41, 5.74) is 0. The Labute approximate surface area is 146 Å². The quantitative estimate of drug-likeness (QED) is 0.624. The van der Waals surface area contributed by atoms with Gasteiger partial charge in [0.1, 0.15) is 18.1 Å². The van der Waals surface area contributed by atoms with E-state index in [2.05, 4.69) is 6.92 Å². The van der Waals surface area contributed by atoms with Crippen molar-refractivity contribution in [2.75, 3.05) is 0 Å². The van der Waals surface area contributed by atoms with Crippen molar-refractivity contribution < 1.29 is 13.6 Å². The monoisotopic (exact) mass is 340 g/mol. The molecule has 3 aliphatic carbocycles. The van der Waals surface area contributed by atoms with E-state index < -0.39 is 18.3 Å². The van der Waals surface area contributed by atoms with E-state index in [1.807, 2.05) is 0 Å². The highest BCUT2D eigenvalue weighted by Gasteiger charge is 2.44. The molecule has 3 heteroatoms. The highest BCUT2D eigenvalue weighted by molar-refractivity contribution is 5.84. The Morgan fingerprint density at radius 3 is 1.83 bits per heavy atom. The molecule has 138 valence electrons. The summed E-state index contributed by atoms with van der Waals surface area (Å²) in [7, 11) is 0. The van der Waals surface area contributed by atoms with E-state index in [-0.39, 0.29) is 17.6 Å². The van der Waals surface area contributed by atoms with Crippen molar-refractivity contribution in [3.63, 3.8) is 0 Å². The van der Waals surface area contributed by atoms with Gasteiger partial charge < -0.3 is 0 Å². The molecular formula is C21H34F2O. The SMILES string of the molecule is CC1CCC(C2CCC(C(=O)C3CCC(C)C(F)C3F)CC2)CC1. The van der Waals surface area contributed by atoms with E-state index in [1.165, 1.54) is 25.7 Å². The summed E-state index contributed by atoms with van der Waals surface area (Å²) in [4.78, 5) is 12.7. The molecule has 0 aromatic rings. The van der Waals surface area contributed by atoms with Gasteiger partial charge in [0.25, 0.3) is 0 Å². The lowest BCUT2D eigenvalue weighted by molar-refractivity contribution is -0.134. The minimum Gasteiger partial charge on any atom is -0.299 e. The third-order valence-electron chi connectivity index (χ3n) is 7.43. The van der Waals surface area contributed by atoms with Gasteiger partial charge in [-0.3, -0.25) is 4.79 Å². The summed E-state index contributed by atoms with van der Waals surface area (Å²) >= 11 is 0. The molecule has 0 amide bonds. The van der Waals surface area contributed by atoms with Gasteiger partial charge in [0.2, 0.25) is 0 Å². The minimum absolute atomic E-state index is 0.00683. The van der Waals surface area contributed by atoms with E-state index in [1.54, 1.807) is 6.92 Å². The Balaban J connectivity index is 1.50. The van der Waals surface area contributed by atoms with Crippen LogP contribution in [0.15, 0.2) is 0 Å². The highest BCUT2D eigenvalue weighted by atomic mass is 19.2. The molecule has 3 rings (SSSR count). The molecule has 4 unspecified atom stereocenters. The summed E-state index contributed by atoms with van der Waals surface area (Å²) in [6.07, 6.45) is 7.63. The standard InChI is InChI=1S/C21H34F2O/c1-13-3-6-15(7-4-13)16-8-10-17(11-9-16)21(24)18-12-5-14(2)19(22)20(18)23/h13-20H,3-12H2,1-2H3. The smallest absolute Gasteiger partial charge is 0.142 e. The number of carbonyl (C=O) groups excluding carboxylic acids is 1. The maximum atomic E-state index is 14.3. The molecule has 3 saturated carbocycles. The van der Waals surface area contributed by atoms with Crippen LogP contribution in [0.5, 0.6) is 0 Å². The lowest BCUT2D eigenvalue weighted by atomic mass is 9.67. The number of carbonyl (C=O) groups is 1. The maximum Gasteiger partial charge on any atom is 0.142 e. The Hall–Kier alpha value is -0.470. The average molecular weight is 340 g/mol. The lowest BCUT2D eigenvalue weighted by Gasteiger charge is -2.39. The van der Waals surface area contributed by atoms with Crippen LogP contribution in [0, 0.1) is 35.5 Å². The molecule has 24 heavy (non-hydrogen) atoms. The zero-order valence-electron chi connectivity index (χ0n) is 15.4. The van der Waals surface area contributed by atoms with Crippen LogP contribution in [0.3, 0.4) is 0 Å². The fraction of sp³-hybridized carbons (Fsp3) is 0.952. The van der Waals surface area contributed by atoms with Gasteiger partial charge >= 0.3 is 0 Å². The van der Waals surface area contributed by atoms with Gasteiger partial charge in [0.15, 0.2) is 0 Å². The van der Waals surface area contributed by atoms with Crippen LogP contribution >= 0.6 is 0 Å². The van der Waals surface area contributed by atoms with Gasteiger partial charge in [-0.2, -0.15) is 0 Å². The second-order valence-corrected chi connectivity index (χ2v) is 9.08. The number of rotatable bonds is 3. The first kappa shape index (κ1) is 18.3. The molecule has 0 heterocycles. The van der Waals surface area contributed by atoms with Crippen molar-refractivity contribution in [2.45, 2.75) is 90.4 Å². The number of ketones is 1. The van der Waals surface area contributed by atoms with Crippen LogP contribution in [0.25, 0.3) is 0 Å². The fourth-order valence-corrected chi connectivity index (χ4v) is 5.53. The zero-order chi connectivity index (χ0) is 17.3. The lowest BCUT2D eigenvalue weighted by Crippen LogP contribution is -2.43. The molecule has 3 aliphatic rings. The predicted octanol–water partition coefficient (Wildman–Crippen LogP) is 5.91. The molecular weight excluding hydrogens is 306 g/mol. The van der Waals surface area contributed by atoms with Gasteiger partial charge in [-0.25, -0.2) is 8.78 Å². The molecule has 1 nitrogen and oxygen atoms in total. The van der Waals surface area contributed by atoms with Crippen LogP contribution in [0.4, 0.5) is 8.78 Å². The Kier molecular flexibility index (Phi) is 5.98. The van der Waals surface area contributed by atoms with Gasteiger partial charge in [-0.05, 0) is 75.0 Å². The summed E-state index contributed by atoms with van der Waals surface area (Å²) in [6.45, 7) is 4.11. The first-order valence-electron chi connectivity index (χ1n) is 10.3. The Morgan fingerprint density at radius 1 is 0.708 bits per heavy atom. The maximum absolute atomic E-state index is 14.3. The van der Waals surface area contributed by atoms with E-state index in [0.717, 1.165) is 43.4 Å². The van der Waals surface area contributed by atoms with E-state index in [9.17, 15) is 13.6 Å². The first-order chi connectivity index (χ1) is 11.5. The van der Waals surface area contributed by atoms with Gasteiger partial charge in [-0.15, -0.1) is 0 Å². The average Bonchev–Trinajstić information content (AvgIpc) is 2.60. The summed E-state index contributed by atoms with van der Waals surface area (Å²) in [5.74, 6) is 1.60.